The van der Waals surface area contributed by atoms with E-state index < -0.39 is 0 Å². The van der Waals surface area contributed by atoms with E-state index in [0.717, 1.165) is 48.5 Å². The quantitative estimate of drug-likeness (QED) is 0.0550. The van der Waals surface area contributed by atoms with Crippen molar-refractivity contribution >= 4 is 33.0 Å². The van der Waals surface area contributed by atoms with Crippen LogP contribution in [0.5, 0.6) is 0 Å². The molecular weight excluding hydrogens is 627 g/mol. The van der Waals surface area contributed by atoms with E-state index in [-0.39, 0.29) is 0 Å². The molecule has 0 spiro atoms. The Bertz CT molecular complexity index is 1300. The summed E-state index contributed by atoms with van der Waals surface area (Å²) >= 11 is 3.35. The van der Waals surface area contributed by atoms with Crippen LogP contribution in [0, 0.1) is 13.8 Å². The van der Waals surface area contributed by atoms with E-state index in [1.54, 1.807) is 6.92 Å². The van der Waals surface area contributed by atoms with E-state index in [0.29, 0.717) is 0 Å². The Hall–Kier alpha value is -2.22. The van der Waals surface area contributed by atoms with Crippen LogP contribution < -0.4 is 0 Å². The van der Waals surface area contributed by atoms with E-state index in [9.17, 15) is 0 Å². The summed E-state index contributed by atoms with van der Waals surface area (Å²) in [5, 5.41) is 0. The molecule has 0 aliphatic rings. The SMILES string of the molecule is CCCCCCCCc1cc(N=C(CC)C(C)=Nc2cc(CCCCCC)cc(-c3ccccc3)c2)cc(C)c1CC.[CH2-]C.[Cl][Ni]. The predicted molar refractivity (Wildman–Crippen MR) is 204 cm³/mol. The van der Waals surface area contributed by atoms with Crippen LogP contribution in [-0.2, 0) is 33.8 Å². The summed E-state index contributed by atoms with van der Waals surface area (Å²) in [5.41, 5.74) is 12.4. The number of hydrogen-bond acceptors (Lipinski definition) is 2. The van der Waals surface area contributed by atoms with Gasteiger partial charge in [-0.25, -0.2) is 0 Å². The average Bonchev–Trinajstić information content (AvgIpc) is 3.09. The second-order valence-corrected chi connectivity index (χ2v) is 11.9. The second kappa shape index (κ2) is 25.8. The van der Waals surface area contributed by atoms with E-state index in [1.807, 2.05) is 0 Å². The molecule has 0 fully saturated rings. The summed E-state index contributed by atoms with van der Waals surface area (Å²) in [6.07, 6.45) is 17.3. The van der Waals surface area contributed by atoms with Crippen LogP contribution in [0.25, 0.3) is 11.1 Å². The first-order valence-electron chi connectivity index (χ1n) is 17.8. The van der Waals surface area contributed by atoms with Crippen LogP contribution in [0.1, 0.15) is 134 Å². The van der Waals surface area contributed by atoms with Gasteiger partial charge in [-0.05, 0) is 110 Å². The molecule has 3 rings (SSSR count). The van der Waals surface area contributed by atoms with Crippen molar-refractivity contribution in [1.82, 2.24) is 0 Å². The van der Waals surface area contributed by atoms with Gasteiger partial charge in [-0.1, -0.05) is 115 Å². The molecule has 257 valence electrons. The number of aryl methyl sites for hydroxylation is 3. The topological polar surface area (TPSA) is 24.7 Å². The van der Waals surface area contributed by atoms with Crippen molar-refractivity contribution in [2.45, 2.75) is 138 Å². The number of unbranched alkanes of at least 4 members (excludes halogenated alkanes) is 8. The monoisotopic (exact) mass is 686 g/mol. The third kappa shape index (κ3) is 15.1. The molecule has 0 aliphatic carbocycles. The number of nitrogens with zero attached hydrogens (tertiary/aromatic N) is 2. The fourth-order valence-electron chi connectivity index (χ4n) is 6.02. The van der Waals surface area contributed by atoms with Crippen LogP contribution in [0.4, 0.5) is 11.4 Å². The minimum atomic E-state index is 0.860. The van der Waals surface area contributed by atoms with Crippen LogP contribution in [0.15, 0.2) is 70.6 Å². The zero-order chi connectivity index (χ0) is 34.2. The van der Waals surface area contributed by atoms with Crippen LogP contribution >= 0.6 is 10.2 Å². The third-order valence-corrected chi connectivity index (χ3v) is 8.42. The van der Waals surface area contributed by atoms with Crippen molar-refractivity contribution in [3.05, 3.63) is 89.8 Å². The van der Waals surface area contributed by atoms with Crippen LogP contribution in [0.2, 0.25) is 0 Å². The molecule has 0 bridgehead atoms. The van der Waals surface area contributed by atoms with E-state index in [4.69, 9.17) is 9.98 Å². The van der Waals surface area contributed by atoms with Crippen molar-refractivity contribution in [2.75, 3.05) is 0 Å². The fraction of sp³-hybridized carbons (Fsp3) is 0.500. The molecular formula is C42H61ClN2Ni-. The molecule has 3 aromatic carbocycles. The molecule has 0 aromatic heterocycles. The normalized spacial score (nSPS) is 11.5. The van der Waals surface area contributed by atoms with Crippen LogP contribution in [-0.4, -0.2) is 11.4 Å². The molecule has 0 radical (unpaired) electrons. The number of aliphatic imine (C=N–C) groups is 2. The van der Waals surface area contributed by atoms with E-state index in [2.05, 4.69) is 134 Å². The maximum absolute atomic E-state index is 5.20. The summed E-state index contributed by atoms with van der Waals surface area (Å²) in [5.74, 6) is 0. The molecule has 0 N–H and O–H groups in total. The number of hydrogen-bond donors (Lipinski definition) is 0. The number of benzene rings is 3. The molecule has 0 atom stereocenters. The van der Waals surface area contributed by atoms with Gasteiger partial charge in [-0.3, -0.25) is 9.98 Å². The standard InChI is InChI=1S/C40H56N2.C2H5.ClH.Ni/c1-7-11-13-15-16-19-25-35-29-37(26-31(5)39(35)9-3)42-40(10-4)32(6)41-38-28-33(22-18-14-12-8-2)27-36(30-38)34-23-20-17-21-24-34;1-2;;/h17,20-21,23-24,26-30H,7-16,18-19,22,25H2,1-6H3;1H2,2H3;1H;/q;-1;;+1/p-1. The second-order valence-electron chi connectivity index (χ2n) is 11.9. The maximum atomic E-state index is 5.20. The fourth-order valence-corrected chi connectivity index (χ4v) is 6.02. The average molecular weight is 688 g/mol. The first-order chi connectivity index (χ1) is 22.5. The van der Waals surface area contributed by atoms with Crippen molar-refractivity contribution < 1.29 is 14.6 Å². The first kappa shape index (κ1) is 41.8. The predicted octanol–water partition coefficient (Wildman–Crippen LogP) is 14.1. The Kier molecular flexibility index (Phi) is 23.5. The molecule has 0 saturated heterocycles. The summed E-state index contributed by atoms with van der Waals surface area (Å²) in [7, 11) is 4.26. The van der Waals surface area contributed by atoms with Gasteiger partial charge in [0.2, 0.25) is 0 Å². The minimum absolute atomic E-state index is 0.860. The zero-order valence-electron chi connectivity index (χ0n) is 30.0. The molecule has 4 heteroatoms. The van der Waals surface area contributed by atoms with Crippen molar-refractivity contribution in [2.24, 2.45) is 9.98 Å². The Morgan fingerprint density at radius 3 is 1.89 bits per heavy atom. The molecule has 3 aromatic rings. The van der Waals surface area contributed by atoms with Crippen molar-refractivity contribution in [3.8, 4) is 11.1 Å². The molecule has 46 heavy (non-hydrogen) atoms. The van der Waals surface area contributed by atoms with E-state index in [1.165, 1.54) is 97.6 Å². The summed E-state index contributed by atoms with van der Waals surface area (Å²) in [6.45, 7) is 18.4. The molecule has 0 amide bonds. The summed E-state index contributed by atoms with van der Waals surface area (Å²) < 4.78 is 0. The van der Waals surface area contributed by atoms with Crippen LogP contribution in [0.3, 0.4) is 0 Å². The first-order valence-corrected chi connectivity index (χ1v) is 19.1. The molecule has 0 heterocycles. The number of rotatable bonds is 18. The van der Waals surface area contributed by atoms with Gasteiger partial charge in [-0.2, -0.15) is 6.92 Å². The Balaban J connectivity index is 0.00000254. The zero-order valence-corrected chi connectivity index (χ0v) is 31.7. The number of halogens is 1. The summed E-state index contributed by atoms with van der Waals surface area (Å²) in [6, 6.07) is 22.2. The Labute approximate surface area is 295 Å². The van der Waals surface area contributed by atoms with Gasteiger partial charge >= 0.3 is 24.8 Å². The van der Waals surface area contributed by atoms with Crippen molar-refractivity contribution in [1.29, 1.82) is 0 Å². The molecule has 0 unspecified atom stereocenters. The van der Waals surface area contributed by atoms with Gasteiger partial charge in [0.15, 0.2) is 0 Å². The molecule has 0 saturated carbocycles. The van der Waals surface area contributed by atoms with E-state index >= 15 is 0 Å². The van der Waals surface area contributed by atoms with Gasteiger partial charge in [0.1, 0.15) is 0 Å². The third-order valence-electron chi connectivity index (χ3n) is 8.42. The van der Waals surface area contributed by atoms with Crippen molar-refractivity contribution in [3.63, 3.8) is 0 Å². The van der Waals surface area contributed by atoms with Gasteiger partial charge in [-0.15, -0.1) is 0 Å². The molecule has 0 aliphatic heterocycles. The Morgan fingerprint density at radius 2 is 1.26 bits per heavy atom. The van der Waals surface area contributed by atoms with Gasteiger partial charge < -0.3 is 6.92 Å². The van der Waals surface area contributed by atoms with Gasteiger partial charge in [0.25, 0.3) is 0 Å². The van der Waals surface area contributed by atoms with Gasteiger partial charge in [0.05, 0.1) is 22.8 Å². The Morgan fingerprint density at radius 1 is 0.674 bits per heavy atom. The molecule has 2 nitrogen and oxygen atoms in total. The van der Waals surface area contributed by atoms with Gasteiger partial charge in [0, 0.05) is 0 Å². The summed E-state index contributed by atoms with van der Waals surface area (Å²) in [4.78, 5) is 10.4.